The molecule has 1 N–H and O–H groups in total. The predicted molar refractivity (Wildman–Crippen MR) is 89.9 cm³/mol. The van der Waals surface area contributed by atoms with Gasteiger partial charge in [-0.25, -0.2) is 0 Å². The Morgan fingerprint density at radius 3 is 2.61 bits per heavy atom. The van der Waals surface area contributed by atoms with Gasteiger partial charge >= 0.3 is 0 Å². The zero-order valence-corrected chi connectivity index (χ0v) is 14.1. The number of aliphatic hydroxyl groups is 1. The molecule has 2 atom stereocenters. The smallest absolute Gasteiger partial charge is 0.233 e. The average molecular weight is 312 g/mol. The summed E-state index contributed by atoms with van der Waals surface area (Å²) in [7, 11) is 0. The highest BCUT2D eigenvalue weighted by Gasteiger charge is 2.53. The van der Waals surface area contributed by atoms with Crippen molar-refractivity contribution < 1.29 is 14.7 Å². The van der Waals surface area contributed by atoms with Gasteiger partial charge in [-0.1, -0.05) is 45.4 Å². The van der Waals surface area contributed by atoms with E-state index < -0.39 is 11.6 Å². The zero-order chi connectivity index (χ0) is 17.0. The summed E-state index contributed by atoms with van der Waals surface area (Å²) in [5, 5.41) is 10.6. The molecule has 3 nitrogen and oxygen atoms in total. The molecule has 0 aromatic rings. The molecule has 0 spiro atoms. The van der Waals surface area contributed by atoms with Gasteiger partial charge in [-0.15, -0.1) is 6.58 Å². The van der Waals surface area contributed by atoms with Crippen LogP contribution in [0.5, 0.6) is 0 Å². The number of carbonyl (C=O) groups is 2. The Balaban J connectivity index is 2.21. The predicted octanol–water partition coefficient (Wildman–Crippen LogP) is 4.23. The third-order valence-corrected chi connectivity index (χ3v) is 5.94. The van der Waals surface area contributed by atoms with Crippen molar-refractivity contribution in [3.8, 4) is 0 Å². The summed E-state index contributed by atoms with van der Waals surface area (Å²) < 4.78 is 0. The third-order valence-electron chi connectivity index (χ3n) is 5.94. The molecule has 3 heteroatoms. The van der Waals surface area contributed by atoms with Crippen molar-refractivity contribution >= 4 is 11.6 Å². The molecule has 0 bridgehead atoms. The number of rotatable bonds is 2. The van der Waals surface area contributed by atoms with Gasteiger partial charge in [-0.05, 0) is 30.6 Å². The van der Waals surface area contributed by atoms with Crippen LogP contribution in [0.1, 0.15) is 46.5 Å². The molecule has 2 unspecified atom stereocenters. The van der Waals surface area contributed by atoms with Crippen molar-refractivity contribution in [2.24, 2.45) is 16.7 Å². The van der Waals surface area contributed by atoms with Gasteiger partial charge in [0.05, 0.1) is 0 Å². The molecule has 0 amide bonds. The Morgan fingerprint density at radius 1 is 1.26 bits per heavy atom. The van der Waals surface area contributed by atoms with Gasteiger partial charge in [0, 0.05) is 22.1 Å². The molecule has 1 saturated carbocycles. The Bertz CT molecular complexity index is 702. The normalized spacial score (nSPS) is 32.7. The van der Waals surface area contributed by atoms with E-state index in [1.807, 2.05) is 6.08 Å². The van der Waals surface area contributed by atoms with E-state index in [0.717, 1.165) is 19.3 Å². The molecule has 0 heterocycles. The topological polar surface area (TPSA) is 54.4 Å². The second-order valence-corrected chi connectivity index (χ2v) is 7.86. The van der Waals surface area contributed by atoms with E-state index in [9.17, 15) is 14.7 Å². The van der Waals surface area contributed by atoms with E-state index in [2.05, 4.69) is 33.4 Å². The van der Waals surface area contributed by atoms with Crippen LogP contribution in [0.25, 0.3) is 0 Å². The van der Waals surface area contributed by atoms with Gasteiger partial charge < -0.3 is 5.11 Å². The van der Waals surface area contributed by atoms with Crippen molar-refractivity contribution in [3.05, 3.63) is 47.3 Å². The van der Waals surface area contributed by atoms with Crippen LogP contribution in [0.15, 0.2) is 47.3 Å². The minimum Gasteiger partial charge on any atom is -0.507 e. The van der Waals surface area contributed by atoms with Gasteiger partial charge in [0.25, 0.3) is 0 Å². The second kappa shape index (κ2) is 5.05. The first-order valence-corrected chi connectivity index (χ1v) is 8.29. The Hall–Kier alpha value is -1.90. The van der Waals surface area contributed by atoms with Gasteiger partial charge in [-0.2, -0.15) is 0 Å². The highest BCUT2D eigenvalue weighted by atomic mass is 16.3. The van der Waals surface area contributed by atoms with Crippen molar-refractivity contribution in [1.82, 2.24) is 0 Å². The van der Waals surface area contributed by atoms with Crippen LogP contribution < -0.4 is 0 Å². The molecule has 0 aromatic heterocycles. The number of hydrogen-bond donors (Lipinski definition) is 1. The van der Waals surface area contributed by atoms with Gasteiger partial charge in [0.1, 0.15) is 5.76 Å². The molecule has 1 fully saturated rings. The van der Waals surface area contributed by atoms with Gasteiger partial charge in [0.2, 0.25) is 11.6 Å². The minimum atomic E-state index is -0.570. The number of ketones is 2. The molecule has 23 heavy (non-hydrogen) atoms. The lowest BCUT2D eigenvalue weighted by Crippen LogP contribution is -2.47. The maximum Gasteiger partial charge on any atom is 0.233 e. The van der Waals surface area contributed by atoms with E-state index >= 15 is 0 Å². The summed E-state index contributed by atoms with van der Waals surface area (Å²) in [4.78, 5) is 25.3. The molecular formula is C20H24O3. The lowest BCUT2D eigenvalue weighted by atomic mass is 9.50. The summed E-state index contributed by atoms with van der Waals surface area (Å²) in [5.41, 5.74) is 0.930. The van der Waals surface area contributed by atoms with E-state index in [1.54, 1.807) is 6.08 Å². The van der Waals surface area contributed by atoms with Crippen LogP contribution in [0.2, 0.25) is 0 Å². The highest BCUT2D eigenvalue weighted by molar-refractivity contribution is 6.50. The van der Waals surface area contributed by atoms with Crippen LogP contribution in [-0.2, 0) is 9.59 Å². The fourth-order valence-electron chi connectivity index (χ4n) is 4.85. The average Bonchev–Trinajstić information content (AvgIpc) is 2.47. The van der Waals surface area contributed by atoms with Crippen molar-refractivity contribution in [2.45, 2.75) is 46.5 Å². The highest BCUT2D eigenvalue weighted by Crippen LogP contribution is 2.58. The Labute approximate surface area is 137 Å². The largest absolute Gasteiger partial charge is 0.507 e. The van der Waals surface area contributed by atoms with Crippen LogP contribution >= 0.6 is 0 Å². The number of allylic oxidation sites excluding steroid dienone is 5. The zero-order valence-electron chi connectivity index (χ0n) is 14.1. The fourth-order valence-corrected chi connectivity index (χ4v) is 4.85. The van der Waals surface area contributed by atoms with Crippen molar-refractivity contribution in [2.75, 3.05) is 0 Å². The standard InChI is InChI=1S/C20H24O3/c1-5-7-13-16(21)12-8-9-14-19(2,3)10-6-11-20(14,4)15(12)18(23)17(13)22/h5,8-9,14,21H,1,6-7,10-11H2,2-4H3. The van der Waals surface area contributed by atoms with Crippen molar-refractivity contribution in [1.29, 1.82) is 0 Å². The molecule has 0 aliphatic heterocycles. The SMILES string of the molecule is C=CCC1=C(O)C2=C(C(=O)C1=O)C1(C)CCCC(C)(C)C1C=C2. The Morgan fingerprint density at radius 2 is 1.96 bits per heavy atom. The van der Waals surface area contributed by atoms with E-state index in [0.29, 0.717) is 11.1 Å². The first-order chi connectivity index (χ1) is 10.7. The quantitative estimate of drug-likeness (QED) is 0.472. The van der Waals surface area contributed by atoms with Crippen LogP contribution in [0, 0.1) is 16.7 Å². The van der Waals surface area contributed by atoms with Crippen LogP contribution in [0.4, 0.5) is 0 Å². The van der Waals surface area contributed by atoms with Crippen LogP contribution in [0.3, 0.4) is 0 Å². The number of aliphatic hydroxyl groups excluding tert-OH is 1. The maximum absolute atomic E-state index is 12.8. The molecule has 0 radical (unpaired) electrons. The lowest BCUT2D eigenvalue weighted by molar-refractivity contribution is -0.134. The first kappa shape index (κ1) is 16.0. The Kier molecular flexibility index (Phi) is 3.51. The molecule has 0 aromatic carbocycles. The fraction of sp³-hybridized carbons (Fsp3) is 0.500. The maximum atomic E-state index is 12.8. The molecule has 3 aliphatic rings. The van der Waals surface area contributed by atoms with E-state index in [1.165, 1.54) is 0 Å². The number of Topliss-reactive ketones (excluding diaryl/α,β-unsaturated/α-hetero) is 2. The van der Waals surface area contributed by atoms with E-state index in [4.69, 9.17) is 0 Å². The summed E-state index contributed by atoms with van der Waals surface area (Å²) >= 11 is 0. The molecule has 3 rings (SSSR count). The minimum absolute atomic E-state index is 0.0381. The second-order valence-electron chi connectivity index (χ2n) is 7.86. The van der Waals surface area contributed by atoms with Crippen LogP contribution in [-0.4, -0.2) is 16.7 Å². The first-order valence-electron chi connectivity index (χ1n) is 8.29. The molecule has 0 saturated heterocycles. The van der Waals surface area contributed by atoms with Crippen molar-refractivity contribution in [3.63, 3.8) is 0 Å². The van der Waals surface area contributed by atoms with Gasteiger partial charge in [-0.3, -0.25) is 9.59 Å². The molecule has 3 aliphatic carbocycles. The monoisotopic (exact) mass is 312 g/mol. The van der Waals surface area contributed by atoms with E-state index in [-0.39, 0.29) is 34.5 Å². The number of fused-ring (bicyclic) bond motifs is 2. The summed E-state index contributed by atoms with van der Waals surface area (Å²) in [6, 6.07) is 0. The van der Waals surface area contributed by atoms with Gasteiger partial charge in [0.15, 0.2) is 0 Å². The summed E-state index contributed by atoms with van der Waals surface area (Å²) in [5.74, 6) is -0.846. The molecule has 122 valence electrons. The number of hydrogen-bond acceptors (Lipinski definition) is 3. The molecular weight excluding hydrogens is 288 g/mol. The lowest BCUT2D eigenvalue weighted by Gasteiger charge is -2.52. The summed E-state index contributed by atoms with van der Waals surface area (Å²) in [6.45, 7) is 10.1. The summed E-state index contributed by atoms with van der Waals surface area (Å²) in [6.07, 6.45) is 8.73. The number of carbonyl (C=O) groups excluding carboxylic acids is 2. The third kappa shape index (κ3) is 2.09.